The predicted octanol–water partition coefficient (Wildman–Crippen LogP) is 17.7. The van der Waals surface area contributed by atoms with Crippen molar-refractivity contribution in [2.75, 3.05) is 19.8 Å². The van der Waals surface area contributed by atoms with Gasteiger partial charge in [-0.25, -0.2) is 0 Å². The van der Waals surface area contributed by atoms with Gasteiger partial charge in [-0.1, -0.05) is 191 Å². The molecule has 0 N–H and O–H groups in total. The van der Waals surface area contributed by atoms with E-state index >= 15 is 0 Å². The van der Waals surface area contributed by atoms with E-state index < -0.39 is 6.10 Å². The topological polar surface area (TPSA) is 61.8 Å². The van der Waals surface area contributed by atoms with E-state index in [1.807, 2.05) is 0 Å². The minimum absolute atomic E-state index is 0.00817. The molecule has 0 aromatic carbocycles. The van der Waals surface area contributed by atoms with Crippen LogP contribution in [-0.4, -0.2) is 37.9 Å². The third kappa shape index (κ3) is 51.9. The monoisotopic (exact) mass is 905 g/mol. The van der Waals surface area contributed by atoms with Crippen LogP contribution in [0.15, 0.2) is 170 Å². The molecule has 1 unspecified atom stereocenters. The van der Waals surface area contributed by atoms with Crippen LogP contribution in [0.4, 0.5) is 0 Å². The number of allylic oxidation sites excluding steroid dienone is 28. The van der Waals surface area contributed by atoms with Gasteiger partial charge in [-0.15, -0.1) is 0 Å². The maximum atomic E-state index is 12.8. The fraction of sp³-hybridized carbons (Fsp3) is 0.508. The SMILES string of the molecule is CC/C=C\C/C=C\C/C=C\C/C=C\C/C=C\CCCCOCC(COC(=O)CCC/C=C\C/C=C\C/C=C\C/C=C\C/C=C\CC)OC(=O)CCCC/C=C\C/C=C\C/C=C\C/C=C\CC. The second-order valence-corrected chi connectivity index (χ2v) is 15.9. The van der Waals surface area contributed by atoms with E-state index in [4.69, 9.17) is 14.2 Å². The fourth-order valence-electron chi connectivity index (χ4n) is 6.03. The zero-order valence-corrected chi connectivity index (χ0v) is 41.9. The minimum atomic E-state index is -0.618. The summed E-state index contributed by atoms with van der Waals surface area (Å²) in [7, 11) is 0. The summed E-state index contributed by atoms with van der Waals surface area (Å²) < 4.78 is 17.3. The standard InChI is InChI=1S/C61H92O5/c1-4-7-10-13-16-19-22-25-28-30-32-35-38-41-44-47-50-53-56-64-57-59(66-61(63)55-52-49-46-43-40-37-33-27-24-21-18-15-12-9-6-3)58-65-60(62)54-51-48-45-42-39-36-34-31-29-26-23-20-17-14-11-8-5-2/h7-12,16-21,25-29,32-36,40-45,59H,4-6,13-15,22-24,30-31,37-39,46-58H2,1-3H3/b10-7-,11-8-,12-9-,19-16-,20-17-,21-18-,28-25-,29-26-,33-27-,35-32-,36-34-,43-40-,44-41-,45-42-. The Hall–Kier alpha value is -4.74. The van der Waals surface area contributed by atoms with Crippen molar-refractivity contribution in [3.8, 4) is 0 Å². The van der Waals surface area contributed by atoms with Crippen LogP contribution >= 0.6 is 0 Å². The van der Waals surface area contributed by atoms with Gasteiger partial charge in [0.05, 0.1) is 6.61 Å². The highest BCUT2D eigenvalue weighted by molar-refractivity contribution is 5.70. The van der Waals surface area contributed by atoms with Crippen molar-refractivity contribution in [3.63, 3.8) is 0 Å². The molecule has 0 spiro atoms. The molecule has 5 heteroatoms. The second kappa shape index (κ2) is 54.6. The molecule has 0 heterocycles. The lowest BCUT2D eigenvalue weighted by Crippen LogP contribution is -2.30. The second-order valence-electron chi connectivity index (χ2n) is 15.9. The van der Waals surface area contributed by atoms with Crippen LogP contribution in [0.5, 0.6) is 0 Å². The molecule has 0 saturated heterocycles. The van der Waals surface area contributed by atoms with Crippen LogP contribution in [-0.2, 0) is 23.8 Å². The number of unbranched alkanes of at least 4 members (excludes halogenated alkanes) is 5. The number of hydrogen-bond donors (Lipinski definition) is 0. The molecule has 66 heavy (non-hydrogen) atoms. The smallest absolute Gasteiger partial charge is 0.306 e. The van der Waals surface area contributed by atoms with Crippen LogP contribution in [0.3, 0.4) is 0 Å². The van der Waals surface area contributed by atoms with E-state index in [1.165, 1.54) is 0 Å². The Kier molecular flexibility index (Phi) is 50.7. The zero-order chi connectivity index (χ0) is 47.7. The predicted molar refractivity (Wildman–Crippen MR) is 287 cm³/mol. The molecule has 0 amide bonds. The molecule has 0 aliphatic carbocycles. The van der Waals surface area contributed by atoms with Gasteiger partial charge >= 0.3 is 11.9 Å². The van der Waals surface area contributed by atoms with Gasteiger partial charge in [0.25, 0.3) is 0 Å². The first-order valence-electron chi connectivity index (χ1n) is 25.7. The summed E-state index contributed by atoms with van der Waals surface area (Å²) in [5.74, 6) is -0.556. The first kappa shape index (κ1) is 61.3. The summed E-state index contributed by atoms with van der Waals surface area (Å²) in [6, 6.07) is 0. The molecular weight excluding hydrogens is 813 g/mol. The quantitative estimate of drug-likeness (QED) is 0.0346. The number of hydrogen-bond acceptors (Lipinski definition) is 5. The largest absolute Gasteiger partial charge is 0.462 e. The Morgan fingerprint density at radius 1 is 0.333 bits per heavy atom. The molecular formula is C61H92O5. The maximum Gasteiger partial charge on any atom is 0.306 e. The molecule has 5 nitrogen and oxygen atoms in total. The minimum Gasteiger partial charge on any atom is -0.462 e. The third-order valence-electron chi connectivity index (χ3n) is 9.73. The van der Waals surface area contributed by atoms with Crippen molar-refractivity contribution in [1.29, 1.82) is 0 Å². The van der Waals surface area contributed by atoms with Gasteiger partial charge < -0.3 is 14.2 Å². The van der Waals surface area contributed by atoms with E-state index in [1.54, 1.807) is 0 Å². The molecule has 0 radical (unpaired) electrons. The summed E-state index contributed by atoms with van der Waals surface area (Å²) in [6.07, 6.45) is 82.3. The molecule has 366 valence electrons. The number of rotatable bonds is 44. The van der Waals surface area contributed by atoms with E-state index in [0.717, 1.165) is 135 Å². The van der Waals surface area contributed by atoms with Crippen molar-refractivity contribution in [3.05, 3.63) is 170 Å². The van der Waals surface area contributed by atoms with Crippen LogP contribution in [0, 0.1) is 0 Å². The fourth-order valence-corrected chi connectivity index (χ4v) is 6.03. The average Bonchev–Trinajstić information content (AvgIpc) is 3.32. The molecule has 0 aromatic heterocycles. The van der Waals surface area contributed by atoms with Crippen molar-refractivity contribution >= 4 is 11.9 Å². The summed E-state index contributed by atoms with van der Waals surface area (Å²) in [6.45, 7) is 7.24. The molecule has 0 fully saturated rings. The van der Waals surface area contributed by atoms with Crippen LogP contribution < -0.4 is 0 Å². The van der Waals surface area contributed by atoms with Crippen molar-refractivity contribution in [2.45, 2.75) is 181 Å². The molecule has 0 bridgehead atoms. The number of esters is 2. The average molecular weight is 905 g/mol. The van der Waals surface area contributed by atoms with Gasteiger partial charge in [0.1, 0.15) is 6.61 Å². The van der Waals surface area contributed by atoms with Crippen LogP contribution in [0.25, 0.3) is 0 Å². The van der Waals surface area contributed by atoms with E-state index in [9.17, 15) is 9.59 Å². The first-order valence-corrected chi connectivity index (χ1v) is 25.7. The van der Waals surface area contributed by atoms with Gasteiger partial charge in [0.2, 0.25) is 0 Å². The summed E-state index contributed by atoms with van der Waals surface area (Å²) >= 11 is 0. The molecule has 0 aliphatic rings. The summed E-state index contributed by atoms with van der Waals surface area (Å²) in [4.78, 5) is 25.4. The zero-order valence-electron chi connectivity index (χ0n) is 41.9. The Bertz CT molecular complexity index is 1540. The third-order valence-corrected chi connectivity index (χ3v) is 9.73. The van der Waals surface area contributed by atoms with Crippen molar-refractivity contribution in [1.82, 2.24) is 0 Å². The van der Waals surface area contributed by atoms with Crippen molar-refractivity contribution in [2.24, 2.45) is 0 Å². The highest BCUT2D eigenvalue weighted by Crippen LogP contribution is 2.09. The van der Waals surface area contributed by atoms with Gasteiger partial charge in [-0.05, 0) is 141 Å². The van der Waals surface area contributed by atoms with E-state index in [0.29, 0.717) is 25.9 Å². The molecule has 0 aromatic rings. The normalized spacial score (nSPS) is 13.7. The number of carbonyl (C=O) groups excluding carboxylic acids is 2. The number of carbonyl (C=O) groups is 2. The van der Waals surface area contributed by atoms with Gasteiger partial charge in [0.15, 0.2) is 6.10 Å². The Labute approximate surface area is 405 Å². The molecule has 0 aliphatic heterocycles. The molecule has 0 rings (SSSR count). The van der Waals surface area contributed by atoms with Gasteiger partial charge in [-0.3, -0.25) is 9.59 Å². The number of ether oxygens (including phenoxy) is 3. The Balaban J connectivity index is 4.56. The summed E-state index contributed by atoms with van der Waals surface area (Å²) in [5, 5.41) is 0. The first-order chi connectivity index (χ1) is 32.6. The summed E-state index contributed by atoms with van der Waals surface area (Å²) in [5.41, 5.74) is 0. The van der Waals surface area contributed by atoms with Gasteiger partial charge in [-0.2, -0.15) is 0 Å². The lowest BCUT2D eigenvalue weighted by Gasteiger charge is -2.18. The lowest BCUT2D eigenvalue weighted by atomic mass is 10.2. The maximum absolute atomic E-state index is 12.8. The van der Waals surface area contributed by atoms with E-state index in [2.05, 4.69) is 191 Å². The van der Waals surface area contributed by atoms with E-state index in [-0.39, 0.29) is 25.2 Å². The van der Waals surface area contributed by atoms with Gasteiger partial charge in [0, 0.05) is 19.4 Å². The molecule has 1 atom stereocenters. The molecule has 0 saturated carbocycles. The van der Waals surface area contributed by atoms with Crippen molar-refractivity contribution < 1.29 is 23.8 Å². The lowest BCUT2D eigenvalue weighted by molar-refractivity contribution is -0.162. The highest BCUT2D eigenvalue weighted by Gasteiger charge is 2.17. The van der Waals surface area contributed by atoms with Crippen LogP contribution in [0.1, 0.15) is 175 Å². The Morgan fingerprint density at radius 2 is 0.636 bits per heavy atom. The highest BCUT2D eigenvalue weighted by atomic mass is 16.6. The van der Waals surface area contributed by atoms with Crippen LogP contribution in [0.2, 0.25) is 0 Å². The Morgan fingerprint density at radius 3 is 1.00 bits per heavy atom.